The summed E-state index contributed by atoms with van der Waals surface area (Å²) < 4.78 is 2.25. The van der Waals surface area contributed by atoms with Crippen LogP contribution in [0.1, 0.15) is 29.8 Å². The second kappa shape index (κ2) is 10.1. The van der Waals surface area contributed by atoms with E-state index in [0.717, 1.165) is 45.2 Å². The fourth-order valence-electron chi connectivity index (χ4n) is 4.25. The number of nitrogens with zero attached hydrogens (tertiary/aromatic N) is 5. The summed E-state index contributed by atoms with van der Waals surface area (Å²) in [5.41, 5.74) is 1.52. The molecule has 2 aromatic heterocycles. The molecule has 6 nitrogen and oxygen atoms in total. The minimum Gasteiger partial charge on any atom is -0.355 e. The highest BCUT2D eigenvalue weighted by molar-refractivity contribution is 14.0. The second-order valence-electron chi connectivity index (χ2n) is 7.66. The third kappa shape index (κ3) is 4.88. The molecule has 1 fully saturated rings. The molecule has 2 aromatic rings. The average molecular weight is 514 g/mol. The lowest BCUT2D eigenvalue weighted by molar-refractivity contribution is 0.188. The molecular weight excluding hydrogens is 483 g/mol. The first-order valence-corrected chi connectivity index (χ1v) is 10.8. The maximum absolute atomic E-state index is 4.55. The molecule has 1 saturated heterocycles. The van der Waals surface area contributed by atoms with Crippen molar-refractivity contribution in [1.29, 1.82) is 0 Å². The number of imidazole rings is 1. The third-order valence-corrected chi connectivity index (χ3v) is 6.96. The van der Waals surface area contributed by atoms with Crippen LogP contribution in [0.5, 0.6) is 0 Å². The van der Waals surface area contributed by atoms with Gasteiger partial charge < -0.3 is 14.8 Å². The topological polar surface area (TPSA) is 48.7 Å². The summed E-state index contributed by atoms with van der Waals surface area (Å²) in [6.07, 6.45) is 8.26. The number of rotatable bonds is 4. The highest BCUT2D eigenvalue weighted by Gasteiger charge is 2.29. The van der Waals surface area contributed by atoms with Gasteiger partial charge in [-0.1, -0.05) is 6.92 Å². The van der Waals surface area contributed by atoms with Gasteiger partial charge in [-0.3, -0.25) is 9.89 Å². The van der Waals surface area contributed by atoms with Crippen LogP contribution in [-0.4, -0.2) is 65.1 Å². The van der Waals surface area contributed by atoms with E-state index >= 15 is 0 Å². The average Bonchev–Trinajstić information content (AvgIpc) is 3.37. The molecule has 0 aromatic carbocycles. The molecule has 0 saturated carbocycles. The van der Waals surface area contributed by atoms with Crippen molar-refractivity contribution in [3.8, 4) is 0 Å². The molecule has 2 aliphatic heterocycles. The van der Waals surface area contributed by atoms with Crippen LogP contribution in [0.2, 0.25) is 0 Å². The molecule has 2 atom stereocenters. The summed E-state index contributed by atoms with van der Waals surface area (Å²) >= 11 is 1.90. The van der Waals surface area contributed by atoms with Gasteiger partial charge in [-0.2, -0.15) is 0 Å². The van der Waals surface area contributed by atoms with E-state index in [9.17, 15) is 0 Å². The van der Waals surface area contributed by atoms with E-state index in [0.29, 0.717) is 12.0 Å². The van der Waals surface area contributed by atoms with Crippen LogP contribution >= 0.6 is 35.3 Å². The molecule has 0 bridgehead atoms. The standard InChI is InChI=1S/C20H30N6S.HI/c1-16-3-9-25(14-18(16)26-11-6-22-15-26)20(21-2)23-7-10-24-8-4-19-17(13-24)5-12-27-19;/h5-6,11-12,15-16,18H,3-4,7-10,13-14H2,1-2H3,(H,21,23);1H. The predicted molar refractivity (Wildman–Crippen MR) is 127 cm³/mol. The zero-order valence-corrected chi connectivity index (χ0v) is 19.9. The Morgan fingerprint density at radius 3 is 3.07 bits per heavy atom. The maximum Gasteiger partial charge on any atom is 0.193 e. The Labute approximate surface area is 189 Å². The first kappa shape index (κ1) is 21.6. The molecule has 2 aliphatic rings. The lowest BCUT2D eigenvalue weighted by atomic mass is 9.93. The molecular formula is C20H31IN6S. The lowest BCUT2D eigenvalue weighted by Crippen LogP contribution is -2.50. The Morgan fingerprint density at radius 1 is 1.39 bits per heavy atom. The van der Waals surface area contributed by atoms with E-state index in [1.165, 1.54) is 18.4 Å². The Bertz CT molecular complexity index is 759. The fraction of sp³-hybridized carbons (Fsp3) is 0.600. The van der Waals surface area contributed by atoms with Gasteiger partial charge >= 0.3 is 0 Å². The molecule has 2 unspecified atom stereocenters. The number of fused-ring (bicyclic) bond motifs is 1. The van der Waals surface area contributed by atoms with Crippen LogP contribution in [0.3, 0.4) is 0 Å². The molecule has 1 N–H and O–H groups in total. The molecule has 0 amide bonds. The summed E-state index contributed by atoms with van der Waals surface area (Å²) in [6.45, 7) is 8.64. The van der Waals surface area contributed by atoms with Crippen molar-refractivity contribution in [2.75, 3.05) is 39.8 Å². The SMILES string of the molecule is CN=C(NCCN1CCc2sccc2C1)N1CCC(C)C(n2ccnc2)C1.I. The van der Waals surface area contributed by atoms with Crippen LogP contribution in [0, 0.1) is 5.92 Å². The van der Waals surface area contributed by atoms with Crippen molar-refractivity contribution in [3.63, 3.8) is 0 Å². The number of thiophene rings is 1. The Hall–Kier alpha value is -1.13. The highest BCUT2D eigenvalue weighted by Crippen LogP contribution is 2.27. The van der Waals surface area contributed by atoms with E-state index in [1.807, 2.05) is 30.9 Å². The second-order valence-corrected chi connectivity index (χ2v) is 8.66. The van der Waals surface area contributed by atoms with Crippen LogP contribution in [0.4, 0.5) is 0 Å². The monoisotopic (exact) mass is 514 g/mol. The highest BCUT2D eigenvalue weighted by atomic mass is 127. The van der Waals surface area contributed by atoms with E-state index in [1.54, 1.807) is 4.88 Å². The third-order valence-electron chi connectivity index (χ3n) is 5.94. The van der Waals surface area contributed by atoms with Gasteiger partial charge in [-0.15, -0.1) is 35.3 Å². The summed E-state index contributed by atoms with van der Waals surface area (Å²) in [7, 11) is 1.89. The number of aromatic nitrogens is 2. The number of aliphatic imine (C=N–C) groups is 1. The molecule has 8 heteroatoms. The van der Waals surface area contributed by atoms with Crippen molar-refractivity contribution in [3.05, 3.63) is 40.6 Å². The smallest absolute Gasteiger partial charge is 0.193 e. The van der Waals surface area contributed by atoms with E-state index in [4.69, 9.17) is 0 Å². The van der Waals surface area contributed by atoms with Crippen LogP contribution in [0.25, 0.3) is 0 Å². The fourth-order valence-corrected chi connectivity index (χ4v) is 5.14. The predicted octanol–water partition coefficient (Wildman–Crippen LogP) is 3.08. The number of halogens is 1. The Morgan fingerprint density at radius 2 is 2.29 bits per heavy atom. The number of hydrogen-bond donors (Lipinski definition) is 1. The molecule has 0 spiro atoms. The summed E-state index contributed by atoms with van der Waals surface area (Å²) in [5.74, 6) is 1.68. The molecule has 4 rings (SSSR count). The van der Waals surface area contributed by atoms with Gasteiger partial charge in [0.2, 0.25) is 0 Å². The number of nitrogens with one attached hydrogen (secondary N) is 1. The maximum atomic E-state index is 4.55. The van der Waals surface area contributed by atoms with E-state index in [2.05, 4.69) is 54.2 Å². The van der Waals surface area contributed by atoms with Gasteiger partial charge in [-0.05, 0) is 35.8 Å². The van der Waals surface area contributed by atoms with Gasteiger partial charge in [0, 0.05) is 63.6 Å². The van der Waals surface area contributed by atoms with Gasteiger partial charge in [-0.25, -0.2) is 4.98 Å². The minimum atomic E-state index is 0. The molecule has 0 radical (unpaired) electrons. The van der Waals surface area contributed by atoms with Crippen LogP contribution in [-0.2, 0) is 13.0 Å². The van der Waals surface area contributed by atoms with E-state index < -0.39 is 0 Å². The molecule has 28 heavy (non-hydrogen) atoms. The number of hydrogen-bond acceptors (Lipinski definition) is 4. The number of guanidine groups is 1. The van der Waals surface area contributed by atoms with Crippen LogP contribution < -0.4 is 5.32 Å². The summed E-state index contributed by atoms with van der Waals surface area (Å²) in [5, 5.41) is 5.82. The van der Waals surface area contributed by atoms with Gasteiger partial charge in [0.25, 0.3) is 0 Å². The lowest BCUT2D eigenvalue weighted by Gasteiger charge is -2.39. The van der Waals surface area contributed by atoms with Crippen LogP contribution in [0.15, 0.2) is 35.2 Å². The van der Waals surface area contributed by atoms with Crippen molar-refractivity contribution in [1.82, 2.24) is 24.7 Å². The van der Waals surface area contributed by atoms with Crippen molar-refractivity contribution >= 4 is 41.3 Å². The minimum absolute atomic E-state index is 0. The molecule has 0 aliphatic carbocycles. The first-order chi connectivity index (χ1) is 13.2. The van der Waals surface area contributed by atoms with Crippen molar-refractivity contribution in [2.24, 2.45) is 10.9 Å². The van der Waals surface area contributed by atoms with Crippen molar-refractivity contribution in [2.45, 2.75) is 32.4 Å². The normalized spacial score (nSPS) is 23.2. The van der Waals surface area contributed by atoms with Gasteiger partial charge in [0.15, 0.2) is 5.96 Å². The zero-order valence-electron chi connectivity index (χ0n) is 16.8. The summed E-state index contributed by atoms with van der Waals surface area (Å²) in [4.78, 5) is 15.3. The zero-order chi connectivity index (χ0) is 18.6. The van der Waals surface area contributed by atoms with E-state index in [-0.39, 0.29) is 24.0 Å². The Balaban J connectivity index is 0.00000225. The van der Waals surface area contributed by atoms with Gasteiger partial charge in [0.1, 0.15) is 0 Å². The molecule has 154 valence electrons. The Kier molecular flexibility index (Phi) is 7.76. The largest absolute Gasteiger partial charge is 0.355 e. The van der Waals surface area contributed by atoms with Crippen molar-refractivity contribution < 1.29 is 0 Å². The molecule has 4 heterocycles. The summed E-state index contributed by atoms with van der Waals surface area (Å²) in [6, 6.07) is 2.74. The first-order valence-electron chi connectivity index (χ1n) is 9.95. The number of likely N-dealkylation sites (tertiary alicyclic amines) is 1. The quantitative estimate of drug-likeness (QED) is 0.387. The number of piperidine rings is 1. The van der Waals surface area contributed by atoms with Gasteiger partial charge in [0.05, 0.1) is 12.4 Å².